The Kier molecular flexibility index (Phi) is 9.78. The van der Waals surface area contributed by atoms with Gasteiger partial charge in [0.1, 0.15) is 12.6 Å². The number of carbonyl (C=O) groups excluding carboxylic acids is 2. The van der Waals surface area contributed by atoms with Crippen LogP contribution in [0.15, 0.2) is 42.5 Å². The van der Waals surface area contributed by atoms with Crippen LogP contribution >= 0.6 is 11.6 Å². The van der Waals surface area contributed by atoms with E-state index in [0.29, 0.717) is 22.5 Å². The largest absolute Gasteiger partial charge is 0.416 e. The van der Waals surface area contributed by atoms with Crippen molar-refractivity contribution in [2.45, 2.75) is 46.0 Å². The summed E-state index contributed by atoms with van der Waals surface area (Å²) in [6.45, 7) is 4.77. The minimum atomic E-state index is -4.75. The maximum absolute atomic E-state index is 13.5. The molecule has 0 bridgehead atoms. The molecule has 0 heterocycles. The summed E-state index contributed by atoms with van der Waals surface area (Å²) < 4.78 is 65.7. The van der Waals surface area contributed by atoms with Crippen LogP contribution in [0.2, 0.25) is 5.02 Å². The summed E-state index contributed by atoms with van der Waals surface area (Å²) in [5, 5.41) is 2.39. The Labute approximate surface area is 214 Å². The van der Waals surface area contributed by atoms with E-state index in [2.05, 4.69) is 5.32 Å². The molecule has 2 aromatic carbocycles. The van der Waals surface area contributed by atoms with Crippen molar-refractivity contribution in [2.75, 3.05) is 23.7 Å². The first-order chi connectivity index (χ1) is 16.7. The molecule has 0 aliphatic carbocycles. The highest BCUT2D eigenvalue weighted by Gasteiger charge is 2.35. The van der Waals surface area contributed by atoms with E-state index in [-0.39, 0.29) is 18.0 Å². The summed E-state index contributed by atoms with van der Waals surface area (Å²) >= 11 is 6.07. The molecule has 12 heteroatoms. The zero-order valence-corrected chi connectivity index (χ0v) is 22.0. The molecule has 198 valence electrons. The Hall–Kier alpha value is -2.79. The van der Waals surface area contributed by atoms with E-state index in [9.17, 15) is 31.2 Å². The van der Waals surface area contributed by atoms with Crippen LogP contribution in [0, 0.1) is 6.92 Å². The van der Waals surface area contributed by atoms with Gasteiger partial charge in [-0.25, -0.2) is 8.42 Å². The number of likely N-dealkylation sites (N-methyl/N-ethyl adjacent to an activating group) is 1. The van der Waals surface area contributed by atoms with Gasteiger partial charge in [-0.2, -0.15) is 13.2 Å². The van der Waals surface area contributed by atoms with Crippen molar-refractivity contribution in [1.29, 1.82) is 0 Å². The summed E-state index contributed by atoms with van der Waals surface area (Å²) in [7, 11) is -4.24. The molecule has 36 heavy (non-hydrogen) atoms. The predicted molar refractivity (Wildman–Crippen MR) is 133 cm³/mol. The van der Waals surface area contributed by atoms with Crippen molar-refractivity contribution in [2.24, 2.45) is 0 Å². The fourth-order valence-electron chi connectivity index (χ4n) is 3.58. The number of rotatable bonds is 10. The molecule has 0 spiro atoms. The second-order valence-corrected chi connectivity index (χ2v) is 10.6. The summed E-state index contributed by atoms with van der Waals surface area (Å²) in [5.74, 6) is -1.20. The molecule has 0 aliphatic heterocycles. The number of alkyl halides is 3. The third-order valence-electron chi connectivity index (χ3n) is 5.43. The minimum Gasteiger partial charge on any atom is -0.355 e. The Morgan fingerprint density at radius 1 is 1.08 bits per heavy atom. The number of hydrogen-bond acceptors (Lipinski definition) is 4. The molecule has 0 saturated heterocycles. The molecule has 0 fully saturated rings. The molecule has 0 aliphatic rings. The first-order valence-electron chi connectivity index (χ1n) is 11.2. The van der Waals surface area contributed by atoms with Gasteiger partial charge in [-0.3, -0.25) is 13.9 Å². The molecule has 0 saturated carbocycles. The molecule has 2 amide bonds. The van der Waals surface area contributed by atoms with Crippen molar-refractivity contribution in [3.05, 3.63) is 64.2 Å². The number of sulfonamides is 1. The number of anilines is 1. The standard InChI is InChI=1S/C24H29ClF3N3O4S/c1-5-20(23(33)29-6-2)30(14-17-9-7-16(3)8-10-17)22(32)15-31(36(4,34)35)21-13-18(24(26,27)28)11-12-19(21)25/h7-13,20H,5-6,14-15H2,1-4H3,(H,29,33). The van der Waals surface area contributed by atoms with Crippen molar-refractivity contribution in [3.8, 4) is 0 Å². The first kappa shape index (κ1) is 29.4. The number of aryl methyl sites for hydroxylation is 1. The van der Waals surface area contributed by atoms with Crippen LogP contribution in [-0.4, -0.2) is 50.5 Å². The second kappa shape index (κ2) is 12.0. The number of benzene rings is 2. The van der Waals surface area contributed by atoms with Crippen molar-refractivity contribution < 1.29 is 31.2 Å². The summed E-state index contributed by atoms with van der Waals surface area (Å²) in [6, 6.07) is 8.51. The average Bonchev–Trinajstić information content (AvgIpc) is 2.77. The van der Waals surface area contributed by atoms with Gasteiger partial charge in [0.05, 0.1) is 22.5 Å². The fourth-order valence-corrected chi connectivity index (χ4v) is 4.70. The summed E-state index contributed by atoms with van der Waals surface area (Å²) in [5.41, 5.74) is 0.0755. The highest BCUT2D eigenvalue weighted by atomic mass is 35.5. The monoisotopic (exact) mass is 547 g/mol. The molecule has 1 unspecified atom stereocenters. The lowest BCUT2D eigenvalue weighted by Crippen LogP contribution is -2.52. The van der Waals surface area contributed by atoms with Crippen molar-refractivity contribution in [1.82, 2.24) is 10.2 Å². The number of amides is 2. The Balaban J connectivity index is 2.53. The smallest absolute Gasteiger partial charge is 0.355 e. The lowest BCUT2D eigenvalue weighted by Gasteiger charge is -2.33. The maximum atomic E-state index is 13.5. The topological polar surface area (TPSA) is 86.8 Å². The quantitative estimate of drug-likeness (QED) is 0.478. The zero-order valence-electron chi connectivity index (χ0n) is 20.4. The molecule has 7 nitrogen and oxygen atoms in total. The van der Waals surface area contributed by atoms with Crippen LogP contribution in [0.3, 0.4) is 0 Å². The van der Waals surface area contributed by atoms with Gasteiger partial charge in [0.2, 0.25) is 21.8 Å². The van der Waals surface area contributed by atoms with Gasteiger partial charge in [-0.1, -0.05) is 48.4 Å². The van der Waals surface area contributed by atoms with Gasteiger partial charge in [-0.15, -0.1) is 0 Å². The summed E-state index contributed by atoms with van der Waals surface area (Å²) in [6.07, 6.45) is -3.76. The van der Waals surface area contributed by atoms with Crippen molar-refractivity contribution >= 4 is 39.1 Å². The molecule has 2 aromatic rings. The van der Waals surface area contributed by atoms with Gasteiger partial charge in [0, 0.05) is 13.1 Å². The van der Waals surface area contributed by atoms with Crippen molar-refractivity contribution in [3.63, 3.8) is 0 Å². The van der Waals surface area contributed by atoms with E-state index in [1.165, 1.54) is 4.90 Å². The van der Waals surface area contributed by atoms with E-state index >= 15 is 0 Å². The van der Waals surface area contributed by atoms with Gasteiger partial charge >= 0.3 is 6.18 Å². The number of carbonyl (C=O) groups is 2. The molecular weight excluding hydrogens is 519 g/mol. The SMILES string of the molecule is CCNC(=O)C(CC)N(Cc1ccc(C)cc1)C(=O)CN(c1cc(C(F)(F)F)ccc1Cl)S(C)(=O)=O. The number of nitrogens with one attached hydrogen (secondary N) is 1. The molecular formula is C24H29ClF3N3O4S. The molecule has 1 N–H and O–H groups in total. The number of halogens is 4. The normalized spacial score (nSPS) is 12.7. The lowest BCUT2D eigenvalue weighted by atomic mass is 10.1. The van der Waals surface area contributed by atoms with Crippen LogP contribution in [0.4, 0.5) is 18.9 Å². The van der Waals surface area contributed by atoms with E-state index < -0.39 is 51.9 Å². The highest BCUT2D eigenvalue weighted by molar-refractivity contribution is 7.92. The maximum Gasteiger partial charge on any atom is 0.416 e. The number of nitrogens with zero attached hydrogens (tertiary/aromatic N) is 2. The second-order valence-electron chi connectivity index (χ2n) is 8.26. The van der Waals surface area contributed by atoms with Crippen LogP contribution < -0.4 is 9.62 Å². The third kappa shape index (κ3) is 7.60. The minimum absolute atomic E-state index is 0.0112. The zero-order chi connectivity index (χ0) is 27.3. The van der Waals surface area contributed by atoms with Crippen LogP contribution in [0.5, 0.6) is 0 Å². The van der Waals surface area contributed by atoms with E-state index in [4.69, 9.17) is 11.6 Å². The van der Waals surface area contributed by atoms with Gasteiger partial charge in [0.25, 0.3) is 0 Å². The fraction of sp³-hybridized carbons (Fsp3) is 0.417. The first-order valence-corrected chi connectivity index (χ1v) is 13.4. The van der Waals surface area contributed by atoms with Gasteiger partial charge < -0.3 is 10.2 Å². The lowest BCUT2D eigenvalue weighted by molar-refractivity contribution is -0.140. The van der Waals surface area contributed by atoms with E-state index in [0.717, 1.165) is 24.0 Å². The molecule has 2 rings (SSSR count). The average molecular weight is 548 g/mol. The molecule has 0 radical (unpaired) electrons. The van der Waals surface area contributed by atoms with Crippen LogP contribution in [0.25, 0.3) is 0 Å². The Morgan fingerprint density at radius 2 is 1.69 bits per heavy atom. The number of hydrogen-bond donors (Lipinski definition) is 1. The molecule has 0 aromatic heterocycles. The third-order valence-corrected chi connectivity index (χ3v) is 6.88. The predicted octanol–water partition coefficient (Wildman–Crippen LogP) is 4.38. The van der Waals surface area contributed by atoms with Gasteiger partial charge in [0.15, 0.2) is 0 Å². The Morgan fingerprint density at radius 3 is 2.19 bits per heavy atom. The molecule has 1 atom stereocenters. The van der Waals surface area contributed by atoms with Gasteiger partial charge in [-0.05, 0) is 44.0 Å². The van der Waals surface area contributed by atoms with Crippen LogP contribution in [0.1, 0.15) is 37.0 Å². The van der Waals surface area contributed by atoms with Crippen LogP contribution in [-0.2, 0) is 32.3 Å². The highest BCUT2D eigenvalue weighted by Crippen LogP contribution is 2.36. The van der Waals surface area contributed by atoms with E-state index in [1.54, 1.807) is 26.0 Å². The van der Waals surface area contributed by atoms with E-state index in [1.807, 2.05) is 19.1 Å². The summed E-state index contributed by atoms with van der Waals surface area (Å²) in [4.78, 5) is 27.5. The Bertz CT molecular complexity index is 1190.